The molecule has 0 spiro atoms. The minimum atomic E-state index is -0.901. The molecule has 0 aliphatic heterocycles. The smallest absolute Gasteiger partial charge is 0.239 e. The van der Waals surface area contributed by atoms with E-state index < -0.39 is 17.8 Å². The second-order valence-corrected chi connectivity index (χ2v) is 6.55. The Kier molecular flexibility index (Phi) is 6.71. The van der Waals surface area contributed by atoms with Crippen molar-refractivity contribution in [3.63, 3.8) is 0 Å². The van der Waals surface area contributed by atoms with Gasteiger partial charge in [-0.05, 0) is 49.4 Å². The van der Waals surface area contributed by atoms with E-state index in [-0.39, 0.29) is 18.5 Å². The van der Waals surface area contributed by atoms with Crippen molar-refractivity contribution in [2.45, 2.75) is 19.0 Å². The second-order valence-electron chi connectivity index (χ2n) is 6.12. The van der Waals surface area contributed by atoms with Crippen LogP contribution in [0.4, 0.5) is 4.39 Å². The zero-order valence-electron chi connectivity index (χ0n) is 14.6. The fourth-order valence-corrected chi connectivity index (χ4v) is 2.88. The molecular weight excluding hydrogens is 357 g/mol. The summed E-state index contributed by atoms with van der Waals surface area (Å²) in [5.41, 5.74) is 6.76. The van der Waals surface area contributed by atoms with Crippen LogP contribution in [-0.4, -0.2) is 30.3 Å². The number of halogens is 2. The molecule has 2 amide bonds. The van der Waals surface area contributed by atoms with Crippen molar-refractivity contribution in [1.82, 2.24) is 10.2 Å². The lowest BCUT2D eigenvalue weighted by Crippen LogP contribution is -2.42. The highest BCUT2D eigenvalue weighted by molar-refractivity contribution is 6.30. The number of likely N-dealkylation sites (N-methyl/N-ethyl adjacent to an activating group) is 1. The summed E-state index contributed by atoms with van der Waals surface area (Å²) in [5, 5.41) is 3.47. The maximum atomic E-state index is 13.4. The topological polar surface area (TPSA) is 75.4 Å². The molecule has 0 aromatic heterocycles. The molecule has 0 radical (unpaired) electrons. The van der Waals surface area contributed by atoms with Crippen LogP contribution in [0.15, 0.2) is 48.5 Å². The van der Waals surface area contributed by atoms with Crippen LogP contribution < -0.4 is 11.1 Å². The molecule has 3 N–H and O–H groups in total. The molecule has 0 aliphatic carbocycles. The van der Waals surface area contributed by atoms with Crippen molar-refractivity contribution in [1.29, 1.82) is 0 Å². The third kappa shape index (κ3) is 5.28. The van der Waals surface area contributed by atoms with Crippen molar-refractivity contribution >= 4 is 23.4 Å². The highest BCUT2D eigenvalue weighted by atomic mass is 35.5. The molecule has 0 bridgehead atoms. The van der Waals surface area contributed by atoms with E-state index in [0.717, 1.165) is 5.56 Å². The average Bonchev–Trinajstić information content (AvgIpc) is 2.55. The van der Waals surface area contributed by atoms with Gasteiger partial charge >= 0.3 is 0 Å². The molecule has 7 heteroatoms. The Morgan fingerprint density at radius 2 is 1.85 bits per heavy atom. The Balaban J connectivity index is 2.04. The van der Waals surface area contributed by atoms with Gasteiger partial charge in [-0.3, -0.25) is 14.5 Å². The quantitative estimate of drug-likeness (QED) is 0.779. The van der Waals surface area contributed by atoms with Gasteiger partial charge in [0, 0.05) is 5.02 Å². The lowest BCUT2D eigenvalue weighted by molar-refractivity contribution is -0.126. The van der Waals surface area contributed by atoms with Crippen molar-refractivity contribution < 1.29 is 14.0 Å². The Bertz CT molecular complexity index is 783. The normalized spacial score (nSPS) is 13.3. The van der Waals surface area contributed by atoms with E-state index in [4.69, 9.17) is 17.3 Å². The largest absolute Gasteiger partial charge is 0.368 e. The molecule has 2 rings (SSSR count). The molecule has 0 fully saturated rings. The molecule has 0 aliphatic rings. The van der Waals surface area contributed by atoms with Crippen molar-refractivity contribution in [3.05, 3.63) is 70.5 Å². The summed E-state index contributed by atoms with van der Waals surface area (Å²) in [6, 6.07) is 11.6. The predicted octanol–water partition coefficient (Wildman–Crippen LogP) is 2.81. The number of carbonyl (C=O) groups excluding carboxylic acids is 2. The summed E-state index contributed by atoms with van der Waals surface area (Å²) in [6.07, 6.45) is 0. The Morgan fingerprint density at radius 3 is 2.42 bits per heavy atom. The van der Waals surface area contributed by atoms with Crippen LogP contribution in [0.2, 0.25) is 5.02 Å². The Labute approximate surface area is 156 Å². The first-order valence-electron chi connectivity index (χ1n) is 8.07. The van der Waals surface area contributed by atoms with Gasteiger partial charge in [0.1, 0.15) is 11.9 Å². The summed E-state index contributed by atoms with van der Waals surface area (Å²) < 4.78 is 13.4. The number of nitrogens with two attached hydrogens (primary N) is 1. The standard InChI is InChI=1S/C19H21ClFN3O2/c1-12(13-6-8-15(20)9-7-13)23-17(25)11-24(2)18(19(22)26)14-4-3-5-16(21)10-14/h3-10,12,18H,11H2,1-2H3,(H2,22,26)(H,23,25). The molecule has 0 heterocycles. The Morgan fingerprint density at radius 1 is 1.19 bits per heavy atom. The Hall–Kier alpha value is -2.44. The van der Waals surface area contributed by atoms with Crippen LogP contribution in [0.25, 0.3) is 0 Å². The first-order valence-corrected chi connectivity index (χ1v) is 8.45. The summed E-state index contributed by atoms with van der Waals surface area (Å²) in [4.78, 5) is 25.6. The summed E-state index contributed by atoms with van der Waals surface area (Å²) in [7, 11) is 1.59. The van der Waals surface area contributed by atoms with Crippen LogP contribution in [0.1, 0.15) is 30.1 Å². The average molecular weight is 378 g/mol. The zero-order valence-corrected chi connectivity index (χ0v) is 15.3. The van der Waals surface area contributed by atoms with E-state index in [1.165, 1.54) is 23.1 Å². The number of benzene rings is 2. The zero-order chi connectivity index (χ0) is 19.3. The maximum Gasteiger partial charge on any atom is 0.239 e. The third-order valence-corrected chi connectivity index (χ3v) is 4.27. The number of primary amides is 1. The van der Waals surface area contributed by atoms with Gasteiger partial charge in [-0.1, -0.05) is 35.9 Å². The van der Waals surface area contributed by atoms with Crippen LogP contribution in [0, 0.1) is 5.82 Å². The number of nitrogens with zero attached hydrogens (tertiary/aromatic N) is 1. The summed E-state index contributed by atoms with van der Waals surface area (Å²) in [5.74, 6) is -1.41. The van der Waals surface area contributed by atoms with E-state index in [9.17, 15) is 14.0 Å². The van der Waals surface area contributed by atoms with Gasteiger partial charge in [0.05, 0.1) is 12.6 Å². The molecule has 2 atom stereocenters. The highest BCUT2D eigenvalue weighted by Crippen LogP contribution is 2.20. The molecule has 138 valence electrons. The molecule has 2 aromatic rings. The van der Waals surface area contributed by atoms with E-state index >= 15 is 0 Å². The minimum absolute atomic E-state index is 0.0674. The lowest BCUT2D eigenvalue weighted by atomic mass is 10.0. The fourth-order valence-electron chi connectivity index (χ4n) is 2.75. The molecule has 2 aromatic carbocycles. The van der Waals surface area contributed by atoms with E-state index in [1.807, 2.05) is 19.1 Å². The van der Waals surface area contributed by atoms with Crippen LogP contribution in [0.5, 0.6) is 0 Å². The van der Waals surface area contributed by atoms with E-state index in [0.29, 0.717) is 10.6 Å². The van der Waals surface area contributed by atoms with Gasteiger partial charge in [-0.25, -0.2) is 4.39 Å². The molecule has 26 heavy (non-hydrogen) atoms. The second kappa shape index (κ2) is 8.78. The van der Waals surface area contributed by atoms with Gasteiger partial charge in [0.2, 0.25) is 11.8 Å². The number of amides is 2. The molecule has 5 nitrogen and oxygen atoms in total. The van der Waals surface area contributed by atoms with E-state index in [1.54, 1.807) is 25.2 Å². The fraction of sp³-hybridized carbons (Fsp3) is 0.263. The third-order valence-electron chi connectivity index (χ3n) is 4.02. The summed E-state index contributed by atoms with van der Waals surface area (Å²) >= 11 is 5.86. The van der Waals surface area contributed by atoms with Gasteiger partial charge < -0.3 is 11.1 Å². The van der Waals surface area contributed by atoms with Crippen molar-refractivity contribution in [2.24, 2.45) is 5.73 Å². The maximum absolute atomic E-state index is 13.4. The summed E-state index contributed by atoms with van der Waals surface area (Å²) in [6.45, 7) is 1.78. The van der Waals surface area contributed by atoms with Gasteiger partial charge in [0.25, 0.3) is 0 Å². The predicted molar refractivity (Wildman–Crippen MR) is 99.0 cm³/mol. The van der Waals surface area contributed by atoms with Crippen LogP contribution >= 0.6 is 11.6 Å². The number of hydrogen-bond acceptors (Lipinski definition) is 3. The molecule has 0 saturated carbocycles. The van der Waals surface area contributed by atoms with Crippen LogP contribution in [-0.2, 0) is 9.59 Å². The molecule has 2 unspecified atom stereocenters. The van der Waals surface area contributed by atoms with Crippen LogP contribution in [0.3, 0.4) is 0 Å². The highest BCUT2D eigenvalue weighted by Gasteiger charge is 2.25. The number of nitrogens with one attached hydrogen (secondary N) is 1. The molecule has 0 saturated heterocycles. The van der Waals surface area contributed by atoms with Crippen molar-refractivity contribution in [3.8, 4) is 0 Å². The number of rotatable bonds is 7. The van der Waals surface area contributed by atoms with E-state index in [2.05, 4.69) is 5.32 Å². The monoisotopic (exact) mass is 377 g/mol. The van der Waals surface area contributed by atoms with Gasteiger partial charge in [-0.2, -0.15) is 0 Å². The van der Waals surface area contributed by atoms with Crippen molar-refractivity contribution in [2.75, 3.05) is 13.6 Å². The lowest BCUT2D eigenvalue weighted by Gasteiger charge is -2.26. The SMILES string of the molecule is CC(NC(=O)CN(C)C(C(N)=O)c1cccc(F)c1)c1ccc(Cl)cc1. The van der Waals surface area contributed by atoms with Gasteiger partial charge in [0.15, 0.2) is 0 Å². The van der Waals surface area contributed by atoms with Gasteiger partial charge in [-0.15, -0.1) is 0 Å². The minimum Gasteiger partial charge on any atom is -0.368 e. The number of carbonyl (C=O) groups is 2. The molecular formula is C19H21ClFN3O2. The number of hydrogen-bond donors (Lipinski definition) is 2. The first-order chi connectivity index (χ1) is 12.3. The first kappa shape index (κ1) is 19.9.